The fourth-order valence-electron chi connectivity index (χ4n) is 2.41. The molecule has 6 nitrogen and oxygen atoms in total. The lowest BCUT2D eigenvalue weighted by atomic mass is 10.3. The highest BCUT2D eigenvalue weighted by molar-refractivity contribution is 9.10. The van der Waals surface area contributed by atoms with Crippen molar-refractivity contribution in [1.29, 1.82) is 0 Å². The van der Waals surface area contributed by atoms with Crippen LogP contribution in [0.5, 0.6) is 0 Å². The number of piperazine rings is 1. The lowest BCUT2D eigenvalue weighted by Crippen LogP contribution is -2.52. The molecule has 0 spiro atoms. The third-order valence-electron chi connectivity index (χ3n) is 3.83. The number of rotatable bonds is 3. The van der Waals surface area contributed by atoms with Crippen LogP contribution in [0.15, 0.2) is 10.7 Å². The minimum absolute atomic E-state index is 0.0449. The topological polar surface area (TPSA) is 50.6 Å². The van der Waals surface area contributed by atoms with Gasteiger partial charge in [0.2, 0.25) is 0 Å². The molecular formula is C13H15BrF6N4O2. The monoisotopic (exact) mass is 452 g/mol. The molecule has 26 heavy (non-hydrogen) atoms. The van der Waals surface area contributed by atoms with Crippen molar-refractivity contribution in [3.05, 3.63) is 16.4 Å². The predicted octanol–water partition coefficient (Wildman–Crippen LogP) is 2.93. The van der Waals surface area contributed by atoms with Crippen molar-refractivity contribution in [1.82, 2.24) is 19.6 Å². The molecule has 1 aromatic heterocycles. The fraction of sp³-hybridized carbons (Fsp3) is 0.692. The fourth-order valence-corrected chi connectivity index (χ4v) is 2.88. The summed E-state index contributed by atoms with van der Waals surface area (Å²) in [6.45, 7) is 0.923. The maximum Gasteiger partial charge on any atom is 0.434 e. The number of hydrogen-bond donors (Lipinski definition) is 0. The van der Waals surface area contributed by atoms with Crippen molar-refractivity contribution in [2.24, 2.45) is 7.05 Å². The van der Waals surface area contributed by atoms with Crippen molar-refractivity contribution in [2.75, 3.05) is 26.2 Å². The van der Waals surface area contributed by atoms with Gasteiger partial charge in [-0.1, -0.05) is 0 Å². The third-order valence-corrected chi connectivity index (χ3v) is 4.49. The van der Waals surface area contributed by atoms with Gasteiger partial charge < -0.3 is 9.64 Å². The predicted molar refractivity (Wildman–Crippen MR) is 80.1 cm³/mol. The number of nitrogens with zero attached hydrogens (tertiary/aromatic N) is 4. The van der Waals surface area contributed by atoms with E-state index in [2.05, 4.69) is 25.8 Å². The second-order valence-electron chi connectivity index (χ2n) is 5.67. The molecule has 1 amide bonds. The van der Waals surface area contributed by atoms with Gasteiger partial charge in [-0.05, 0) is 15.9 Å². The molecule has 1 saturated heterocycles. The van der Waals surface area contributed by atoms with E-state index in [1.165, 1.54) is 0 Å². The molecule has 1 fully saturated rings. The number of carbonyl (C=O) groups excluding carboxylic acids is 1. The minimum atomic E-state index is -5.72. The molecule has 0 bridgehead atoms. The average molecular weight is 453 g/mol. The zero-order chi connectivity index (χ0) is 19.7. The Bertz CT molecular complexity index is 606. The second kappa shape index (κ2) is 7.62. The van der Waals surface area contributed by atoms with Crippen LogP contribution in [0.2, 0.25) is 0 Å². The second-order valence-corrected chi connectivity index (χ2v) is 6.53. The highest BCUT2D eigenvalue weighted by atomic mass is 79.9. The van der Waals surface area contributed by atoms with Gasteiger partial charge in [-0.15, -0.1) is 0 Å². The van der Waals surface area contributed by atoms with Crippen LogP contribution in [-0.2, 0) is 18.3 Å². The molecular weight excluding hydrogens is 438 g/mol. The Hall–Kier alpha value is -1.50. The standard InChI is InChI=1S/C13H15BrF6N4O2/c1-22-9(8(14)6-21-22)7-23-2-4-24(5-3-23)11(25)26-10(12(15,16)17)13(18,19)20/h6,10H,2-5,7H2,1H3. The van der Waals surface area contributed by atoms with Crippen molar-refractivity contribution >= 4 is 22.0 Å². The number of halogens is 7. The first-order chi connectivity index (χ1) is 11.9. The van der Waals surface area contributed by atoms with Crippen LogP contribution < -0.4 is 0 Å². The van der Waals surface area contributed by atoms with E-state index >= 15 is 0 Å². The van der Waals surface area contributed by atoms with Gasteiger partial charge in [0.1, 0.15) is 0 Å². The van der Waals surface area contributed by atoms with Crippen LogP contribution in [0, 0.1) is 0 Å². The minimum Gasteiger partial charge on any atom is -0.426 e. The molecule has 2 rings (SSSR count). The molecule has 0 aliphatic carbocycles. The van der Waals surface area contributed by atoms with Crippen LogP contribution in [0.1, 0.15) is 5.69 Å². The van der Waals surface area contributed by atoms with E-state index in [-0.39, 0.29) is 26.2 Å². The zero-order valence-electron chi connectivity index (χ0n) is 13.4. The molecule has 1 aliphatic rings. The molecule has 1 aromatic rings. The van der Waals surface area contributed by atoms with Crippen molar-refractivity contribution in [2.45, 2.75) is 25.0 Å². The summed E-state index contributed by atoms with van der Waals surface area (Å²) in [6, 6.07) is 0. The Balaban J connectivity index is 1.91. The van der Waals surface area contributed by atoms with Gasteiger partial charge in [-0.3, -0.25) is 9.58 Å². The first-order valence-electron chi connectivity index (χ1n) is 7.37. The summed E-state index contributed by atoms with van der Waals surface area (Å²) in [5.74, 6) is 0. The smallest absolute Gasteiger partial charge is 0.426 e. The van der Waals surface area contributed by atoms with E-state index in [0.29, 0.717) is 6.54 Å². The molecule has 0 unspecified atom stereocenters. The van der Waals surface area contributed by atoms with Crippen molar-refractivity contribution in [3.8, 4) is 0 Å². The van der Waals surface area contributed by atoms with Crippen molar-refractivity contribution < 1.29 is 35.9 Å². The van der Waals surface area contributed by atoms with Gasteiger partial charge >= 0.3 is 18.4 Å². The van der Waals surface area contributed by atoms with Gasteiger partial charge in [-0.25, -0.2) is 4.79 Å². The summed E-state index contributed by atoms with van der Waals surface area (Å²) in [5.41, 5.74) is 0.857. The van der Waals surface area contributed by atoms with Crippen LogP contribution in [0.3, 0.4) is 0 Å². The summed E-state index contributed by atoms with van der Waals surface area (Å²) in [7, 11) is 1.74. The van der Waals surface area contributed by atoms with E-state index < -0.39 is 24.5 Å². The summed E-state index contributed by atoms with van der Waals surface area (Å²) < 4.78 is 80.9. The molecule has 0 N–H and O–H groups in total. The number of alkyl halides is 6. The normalized spacial score (nSPS) is 17.0. The first kappa shape index (κ1) is 20.8. The highest BCUT2D eigenvalue weighted by Gasteiger charge is 2.60. The molecule has 13 heteroatoms. The van der Waals surface area contributed by atoms with E-state index in [0.717, 1.165) is 15.1 Å². The van der Waals surface area contributed by atoms with Gasteiger partial charge in [0, 0.05) is 39.8 Å². The van der Waals surface area contributed by atoms with Gasteiger partial charge in [0.05, 0.1) is 16.4 Å². The summed E-state index contributed by atoms with van der Waals surface area (Å²) in [6.07, 6.45) is -15.6. The van der Waals surface area contributed by atoms with Crippen LogP contribution in [0.4, 0.5) is 31.1 Å². The Morgan fingerprint density at radius 1 is 1.19 bits per heavy atom. The van der Waals surface area contributed by atoms with Crippen LogP contribution in [0.25, 0.3) is 0 Å². The Labute approximate surface area is 152 Å². The number of carbonyl (C=O) groups is 1. The number of aryl methyl sites for hydroxylation is 1. The van der Waals surface area contributed by atoms with Crippen LogP contribution >= 0.6 is 15.9 Å². The molecule has 0 radical (unpaired) electrons. The molecule has 0 saturated carbocycles. The Kier molecular flexibility index (Phi) is 6.10. The van der Waals surface area contributed by atoms with Crippen LogP contribution in [-0.4, -0.2) is 70.3 Å². The quantitative estimate of drug-likeness (QED) is 0.661. The van der Waals surface area contributed by atoms with Gasteiger partial charge in [0.15, 0.2) is 0 Å². The number of hydrogen-bond acceptors (Lipinski definition) is 4. The average Bonchev–Trinajstić information content (AvgIpc) is 2.83. The zero-order valence-corrected chi connectivity index (χ0v) is 15.0. The summed E-state index contributed by atoms with van der Waals surface area (Å²) in [5, 5.41) is 4.05. The number of ether oxygens (including phenoxy) is 1. The van der Waals surface area contributed by atoms with E-state index in [4.69, 9.17) is 0 Å². The Morgan fingerprint density at radius 3 is 2.15 bits per heavy atom. The van der Waals surface area contributed by atoms with E-state index in [1.807, 2.05) is 4.90 Å². The molecule has 0 atom stereocenters. The van der Waals surface area contributed by atoms with Crippen molar-refractivity contribution in [3.63, 3.8) is 0 Å². The number of aromatic nitrogens is 2. The first-order valence-corrected chi connectivity index (χ1v) is 8.16. The highest BCUT2D eigenvalue weighted by Crippen LogP contribution is 2.36. The largest absolute Gasteiger partial charge is 0.434 e. The molecule has 148 valence electrons. The maximum atomic E-state index is 12.5. The maximum absolute atomic E-state index is 12.5. The third kappa shape index (κ3) is 5.02. The lowest BCUT2D eigenvalue weighted by Gasteiger charge is -2.35. The van der Waals surface area contributed by atoms with Gasteiger partial charge in [0.25, 0.3) is 6.10 Å². The SMILES string of the molecule is Cn1ncc(Br)c1CN1CCN(C(=O)OC(C(F)(F)F)C(F)(F)F)CC1. The lowest BCUT2D eigenvalue weighted by molar-refractivity contribution is -0.308. The molecule has 2 heterocycles. The molecule has 1 aliphatic heterocycles. The van der Waals surface area contributed by atoms with E-state index in [9.17, 15) is 31.1 Å². The Morgan fingerprint density at radius 2 is 1.73 bits per heavy atom. The van der Waals surface area contributed by atoms with E-state index in [1.54, 1.807) is 17.9 Å². The summed E-state index contributed by atoms with van der Waals surface area (Å²) in [4.78, 5) is 14.4. The number of amides is 1. The summed E-state index contributed by atoms with van der Waals surface area (Å²) >= 11 is 3.34. The molecule has 0 aromatic carbocycles. The van der Waals surface area contributed by atoms with Gasteiger partial charge in [-0.2, -0.15) is 31.4 Å².